The van der Waals surface area contributed by atoms with E-state index in [4.69, 9.17) is 4.74 Å². The zero-order chi connectivity index (χ0) is 17.1. The zero-order valence-corrected chi connectivity index (χ0v) is 12.6. The lowest BCUT2D eigenvalue weighted by Crippen LogP contribution is -2.44. The molecule has 2 rings (SSSR count). The van der Waals surface area contributed by atoms with Gasteiger partial charge in [0, 0.05) is 0 Å². The Hall–Kier alpha value is -3.03. The van der Waals surface area contributed by atoms with Crippen LogP contribution in [0.5, 0.6) is 11.5 Å². The van der Waals surface area contributed by atoms with Gasteiger partial charge in [-0.25, -0.2) is 14.5 Å². The van der Waals surface area contributed by atoms with Crippen LogP contribution in [-0.4, -0.2) is 45.7 Å². The Kier molecular flexibility index (Phi) is 4.54. The highest BCUT2D eigenvalue weighted by Gasteiger charge is 2.40. The Balaban J connectivity index is 2.25. The van der Waals surface area contributed by atoms with Crippen molar-refractivity contribution in [3.05, 3.63) is 29.5 Å². The maximum absolute atomic E-state index is 12.3. The topological polar surface area (TPSA) is 116 Å². The van der Waals surface area contributed by atoms with E-state index in [0.29, 0.717) is 5.56 Å². The highest BCUT2D eigenvalue weighted by molar-refractivity contribution is 6.15. The van der Waals surface area contributed by atoms with Gasteiger partial charge in [-0.3, -0.25) is 4.79 Å². The lowest BCUT2D eigenvalue weighted by Gasteiger charge is -2.18. The molecule has 1 saturated heterocycles. The Morgan fingerprint density at radius 2 is 2.04 bits per heavy atom. The van der Waals surface area contributed by atoms with Gasteiger partial charge in [-0.15, -0.1) is 0 Å². The third-order valence-corrected chi connectivity index (χ3v) is 3.24. The lowest BCUT2D eigenvalue weighted by atomic mass is 10.1. The maximum Gasteiger partial charge on any atom is 0.329 e. The van der Waals surface area contributed by atoms with Crippen LogP contribution in [0.1, 0.15) is 19.4 Å². The Labute approximate surface area is 132 Å². The summed E-state index contributed by atoms with van der Waals surface area (Å²) in [5, 5.41) is 21.1. The number of ether oxygens (including phenoxy) is 1. The number of carbonyl (C=O) groups excluding carboxylic acids is 3. The average molecular weight is 320 g/mol. The first-order valence-electron chi connectivity index (χ1n) is 6.90. The number of esters is 1. The van der Waals surface area contributed by atoms with Gasteiger partial charge in [0.25, 0.3) is 5.91 Å². The van der Waals surface area contributed by atoms with E-state index in [1.807, 2.05) is 0 Å². The molecule has 1 aliphatic heterocycles. The van der Waals surface area contributed by atoms with E-state index in [-0.39, 0.29) is 23.8 Å². The van der Waals surface area contributed by atoms with Crippen LogP contribution >= 0.6 is 0 Å². The molecule has 1 unspecified atom stereocenters. The van der Waals surface area contributed by atoms with E-state index >= 15 is 0 Å². The van der Waals surface area contributed by atoms with Crippen molar-refractivity contribution in [3.63, 3.8) is 0 Å². The predicted molar refractivity (Wildman–Crippen MR) is 79.2 cm³/mol. The minimum absolute atomic E-state index is 0.0451. The summed E-state index contributed by atoms with van der Waals surface area (Å²) >= 11 is 0. The number of urea groups is 1. The van der Waals surface area contributed by atoms with Gasteiger partial charge in [0.15, 0.2) is 11.5 Å². The highest BCUT2D eigenvalue weighted by Crippen LogP contribution is 2.26. The second kappa shape index (κ2) is 6.39. The quantitative estimate of drug-likeness (QED) is 0.329. The van der Waals surface area contributed by atoms with Crippen LogP contribution in [0.2, 0.25) is 0 Å². The Bertz CT molecular complexity index is 697. The van der Waals surface area contributed by atoms with Crippen LogP contribution in [0.25, 0.3) is 6.08 Å². The fraction of sp³-hybridized carbons (Fsp3) is 0.267. The fourth-order valence-corrected chi connectivity index (χ4v) is 2.07. The van der Waals surface area contributed by atoms with Gasteiger partial charge in [0.2, 0.25) is 0 Å². The van der Waals surface area contributed by atoms with Gasteiger partial charge in [-0.1, -0.05) is 6.07 Å². The predicted octanol–water partition coefficient (Wildman–Crippen LogP) is 0.942. The molecule has 1 heterocycles. The van der Waals surface area contributed by atoms with Crippen molar-refractivity contribution in [2.24, 2.45) is 0 Å². The first-order chi connectivity index (χ1) is 10.8. The summed E-state index contributed by atoms with van der Waals surface area (Å²) in [4.78, 5) is 36.6. The first kappa shape index (κ1) is 16.3. The number of carbonyl (C=O) groups is 3. The molecule has 0 aliphatic carbocycles. The number of benzene rings is 1. The molecule has 8 nitrogen and oxygen atoms in total. The van der Waals surface area contributed by atoms with Gasteiger partial charge < -0.3 is 20.3 Å². The highest BCUT2D eigenvalue weighted by atomic mass is 16.5. The number of phenolic OH excluding ortho intramolecular Hbond substituents is 2. The molecule has 3 amide bonds. The molecule has 1 fully saturated rings. The molecule has 0 saturated carbocycles. The summed E-state index contributed by atoms with van der Waals surface area (Å²) in [6, 6.07) is 2.16. The van der Waals surface area contributed by atoms with Crippen LogP contribution < -0.4 is 5.32 Å². The van der Waals surface area contributed by atoms with Crippen LogP contribution in [0.3, 0.4) is 0 Å². The average Bonchev–Trinajstić information content (AvgIpc) is 2.77. The number of rotatable bonds is 4. The van der Waals surface area contributed by atoms with Crippen molar-refractivity contribution in [1.82, 2.24) is 10.2 Å². The van der Waals surface area contributed by atoms with Crippen molar-refractivity contribution in [2.45, 2.75) is 19.9 Å². The Morgan fingerprint density at radius 3 is 2.65 bits per heavy atom. The summed E-state index contributed by atoms with van der Waals surface area (Å²) in [5.41, 5.74) is 0.353. The summed E-state index contributed by atoms with van der Waals surface area (Å²) in [7, 11) is 0. The third kappa shape index (κ3) is 3.25. The molecule has 122 valence electrons. The number of hydrogen-bond donors (Lipinski definition) is 3. The van der Waals surface area contributed by atoms with Crippen LogP contribution in [-0.2, 0) is 14.3 Å². The molecule has 1 aromatic rings. The number of aromatic hydroxyl groups is 2. The molecule has 8 heteroatoms. The van der Waals surface area contributed by atoms with Gasteiger partial charge in [-0.05, 0) is 37.6 Å². The smallest absolute Gasteiger partial charge is 0.329 e. The van der Waals surface area contributed by atoms with Gasteiger partial charge in [-0.2, -0.15) is 0 Å². The van der Waals surface area contributed by atoms with Gasteiger partial charge in [0.1, 0.15) is 11.7 Å². The van der Waals surface area contributed by atoms with Crippen molar-refractivity contribution in [3.8, 4) is 11.5 Å². The van der Waals surface area contributed by atoms with Crippen molar-refractivity contribution < 1.29 is 29.3 Å². The molecule has 0 bridgehead atoms. The van der Waals surface area contributed by atoms with Crippen molar-refractivity contribution in [2.75, 3.05) is 6.61 Å². The normalized spacial score (nSPS) is 17.3. The number of amides is 3. The van der Waals surface area contributed by atoms with E-state index in [9.17, 15) is 24.6 Å². The number of nitrogens with one attached hydrogen (secondary N) is 1. The standard InChI is InChI=1S/C15H16N2O6/c1-3-23-14(21)8(2)17-13(20)10(16-15(17)22)6-9-4-5-11(18)12(19)7-9/h4-8,18-19H,3H2,1-2H3,(H,16,22)/b10-6-. The van der Waals surface area contributed by atoms with Gasteiger partial charge in [0.05, 0.1) is 6.61 Å². The number of hydrogen-bond acceptors (Lipinski definition) is 6. The molecule has 1 aromatic carbocycles. The molecule has 0 spiro atoms. The molecular formula is C15H16N2O6. The van der Waals surface area contributed by atoms with E-state index in [1.54, 1.807) is 6.92 Å². The molecular weight excluding hydrogens is 304 g/mol. The van der Waals surface area contributed by atoms with Crippen LogP contribution in [0.15, 0.2) is 23.9 Å². The zero-order valence-electron chi connectivity index (χ0n) is 12.6. The van der Waals surface area contributed by atoms with Crippen molar-refractivity contribution >= 4 is 24.0 Å². The second-order valence-electron chi connectivity index (χ2n) is 4.84. The molecule has 0 radical (unpaired) electrons. The van der Waals surface area contributed by atoms with Crippen LogP contribution in [0, 0.1) is 0 Å². The van der Waals surface area contributed by atoms with Crippen LogP contribution in [0.4, 0.5) is 4.79 Å². The van der Waals surface area contributed by atoms with E-state index in [0.717, 1.165) is 4.90 Å². The van der Waals surface area contributed by atoms with Gasteiger partial charge >= 0.3 is 12.0 Å². The molecule has 1 aliphatic rings. The van der Waals surface area contributed by atoms with E-state index in [1.165, 1.54) is 31.2 Å². The van der Waals surface area contributed by atoms with Crippen molar-refractivity contribution in [1.29, 1.82) is 0 Å². The second-order valence-corrected chi connectivity index (χ2v) is 4.84. The molecule has 1 atom stereocenters. The fourth-order valence-electron chi connectivity index (χ4n) is 2.07. The van der Waals surface area contributed by atoms with E-state index < -0.39 is 23.9 Å². The SMILES string of the molecule is CCOC(=O)C(C)N1C(=O)N/C(=C\c2ccc(O)c(O)c2)C1=O. The molecule has 23 heavy (non-hydrogen) atoms. The summed E-state index contributed by atoms with van der Waals surface area (Å²) in [6.07, 6.45) is 1.33. The first-order valence-corrected chi connectivity index (χ1v) is 6.90. The summed E-state index contributed by atoms with van der Waals surface area (Å²) < 4.78 is 4.80. The molecule has 0 aromatic heterocycles. The summed E-state index contributed by atoms with van der Waals surface area (Å²) in [5.74, 6) is -2.01. The largest absolute Gasteiger partial charge is 0.504 e. The third-order valence-electron chi connectivity index (χ3n) is 3.24. The number of imide groups is 1. The lowest BCUT2D eigenvalue weighted by molar-refractivity contribution is -0.150. The summed E-state index contributed by atoms with van der Waals surface area (Å²) in [6.45, 7) is 3.16. The maximum atomic E-state index is 12.3. The monoisotopic (exact) mass is 320 g/mol. The number of nitrogens with zero attached hydrogens (tertiary/aromatic N) is 1. The Morgan fingerprint density at radius 1 is 1.35 bits per heavy atom. The minimum Gasteiger partial charge on any atom is -0.504 e. The minimum atomic E-state index is -1.05. The molecule has 3 N–H and O–H groups in total. The van der Waals surface area contributed by atoms with E-state index in [2.05, 4.69) is 5.32 Å². The number of phenols is 2.